The number of amides is 2. The number of nitrogens with one attached hydrogen (secondary N) is 2. The molecule has 0 atom stereocenters. The first-order valence-corrected chi connectivity index (χ1v) is 10.9. The maximum absolute atomic E-state index is 12.8. The molecule has 0 aliphatic heterocycles. The van der Waals surface area contributed by atoms with E-state index in [1.54, 1.807) is 30.3 Å². The molecule has 0 saturated heterocycles. The van der Waals surface area contributed by atoms with Crippen LogP contribution in [0.1, 0.15) is 28.8 Å². The first kappa shape index (κ1) is 23.4. The molecular weight excluding hydrogens is 452 g/mol. The van der Waals surface area contributed by atoms with Gasteiger partial charge in [-0.15, -0.1) is 0 Å². The second-order valence-corrected chi connectivity index (χ2v) is 7.95. The number of hydrogen-bond acceptors (Lipinski definition) is 6. The van der Waals surface area contributed by atoms with Gasteiger partial charge in [-0.1, -0.05) is 24.3 Å². The maximum Gasteiger partial charge on any atom is 0.419 e. The molecule has 0 unspecified atom stereocenters. The Labute approximate surface area is 199 Å². The van der Waals surface area contributed by atoms with Gasteiger partial charge < -0.3 is 15.1 Å². The maximum atomic E-state index is 12.8. The zero-order chi connectivity index (χ0) is 24.9. The lowest BCUT2D eigenvalue weighted by Gasteiger charge is -2.12. The van der Waals surface area contributed by atoms with Crippen LogP contribution in [0.3, 0.4) is 0 Å². The van der Waals surface area contributed by atoms with Crippen LogP contribution in [-0.4, -0.2) is 21.3 Å². The fraction of sp³-hybridized carbons (Fsp3) is 0.160. The molecule has 0 bridgehead atoms. The van der Waals surface area contributed by atoms with Crippen LogP contribution in [0.5, 0.6) is 0 Å². The highest BCUT2D eigenvalue weighted by Crippen LogP contribution is 2.21. The molecule has 2 amide bonds. The van der Waals surface area contributed by atoms with Gasteiger partial charge in [0.15, 0.2) is 5.58 Å². The average Bonchev–Trinajstić information content (AvgIpc) is 3.13. The molecule has 10 heteroatoms. The van der Waals surface area contributed by atoms with Crippen molar-refractivity contribution >= 4 is 40.0 Å². The summed E-state index contributed by atoms with van der Waals surface area (Å²) in [5, 5.41) is 16.5. The van der Waals surface area contributed by atoms with Gasteiger partial charge in [-0.05, 0) is 49.2 Å². The van der Waals surface area contributed by atoms with Gasteiger partial charge in [-0.2, -0.15) is 0 Å². The Morgan fingerprint density at radius 2 is 1.83 bits per heavy atom. The van der Waals surface area contributed by atoms with Crippen LogP contribution in [-0.2, 0) is 11.3 Å². The molecule has 2 N–H and O–H groups in total. The number of oxazole rings is 1. The monoisotopic (exact) mass is 474 g/mol. The predicted octanol–water partition coefficient (Wildman–Crippen LogP) is 4.48. The van der Waals surface area contributed by atoms with Crippen molar-refractivity contribution in [2.75, 3.05) is 10.6 Å². The number of benzene rings is 3. The third-order valence-corrected chi connectivity index (χ3v) is 5.37. The van der Waals surface area contributed by atoms with Crippen LogP contribution in [0.2, 0.25) is 0 Å². The molecule has 0 radical (unpaired) electrons. The SMILES string of the molecule is Cc1cccc(NC(=O)c2ccccc2NC(=O)CCCn2c(=O)oc3cc([N+](=O)[O-])ccc32)c1. The largest absolute Gasteiger partial charge is 0.419 e. The van der Waals surface area contributed by atoms with Crippen molar-refractivity contribution in [1.29, 1.82) is 0 Å². The summed E-state index contributed by atoms with van der Waals surface area (Å²) in [5.41, 5.74) is 2.71. The second kappa shape index (κ2) is 10.0. The third kappa shape index (κ3) is 5.44. The number of nitro benzene ring substituents is 1. The lowest BCUT2D eigenvalue weighted by atomic mass is 10.1. The summed E-state index contributed by atoms with van der Waals surface area (Å²) < 4.78 is 6.43. The molecule has 0 spiro atoms. The van der Waals surface area contributed by atoms with E-state index in [4.69, 9.17) is 4.42 Å². The first-order chi connectivity index (χ1) is 16.8. The van der Waals surface area contributed by atoms with Crippen molar-refractivity contribution in [1.82, 2.24) is 4.57 Å². The zero-order valence-corrected chi connectivity index (χ0v) is 18.8. The van der Waals surface area contributed by atoms with Crippen molar-refractivity contribution < 1.29 is 18.9 Å². The zero-order valence-electron chi connectivity index (χ0n) is 18.8. The van der Waals surface area contributed by atoms with Gasteiger partial charge in [0.05, 0.1) is 27.8 Å². The molecule has 4 aromatic rings. The highest BCUT2D eigenvalue weighted by molar-refractivity contribution is 6.10. The Balaban J connectivity index is 1.39. The molecule has 1 heterocycles. The first-order valence-electron chi connectivity index (χ1n) is 10.9. The Hall–Kier alpha value is -4.73. The average molecular weight is 474 g/mol. The number of aromatic nitrogens is 1. The van der Waals surface area contributed by atoms with E-state index in [1.165, 1.54) is 22.8 Å². The molecule has 3 aromatic carbocycles. The summed E-state index contributed by atoms with van der Waals surface area (Å²) in [5.74, 6) is -1.33. The van der Waals surface area contributed by atoms with Crippen LogP contribution < -0.4 is 16.4 Å². The fourth-order valence-corrected chi connectivity index (χ4v) is 3.70. The number of carbonyl (C=O) groups is 2. The lowest BCUT2D eigenvalue weighted by Crippen LogP contribution is -2.19. The van der Waals surface area contributed by atoms with E-state index in [-0.39, 0.29) is 36.1 Å². The number of hydrogen-bond donors (Lipinski definition) is 2. The minimum absolute atomic E-state index is 0.0833. The van der Waals surface area contributed by atoms with Crippen LogP contribution in [0, 0.1) is 17.0 Å². The molecule has 0 saturated carbocycles. The molecule has 35 heavy (non-hydrogen) atoms. The number of para-hydroxylation sites is 1. The highest BCUT2D eigenvalue weighted by atomic mass is 16.6. The highest BCUT2D eigenvalue weighted by Gasteiger charge is 2.16. The van der Waals surface area contributed by atoms with Crippen LogP contribution in [0.4, 0.5) is 17.1 Å². The van der Waals surface area contributed by atoms with Gasteiger partial charge in [0.25, 0.3) is 11.6 Å². The van der Waals surface area contributed by atoms with E-state index in [2.05, 4.69) is 10.6 Å². The standard InChI is InChI=1S/C25H22N4O6/c1-16-6-4-7-17(14-16)26-24(31)19-8-2-3-9-20(19)27-23(30)10-5-13-28-21-12-11-18(29(33)34)15-22(21)35-25(28)32/h2-4,6-9,11-12,14-15H,5,10,13H2,1H3,(H,26,31)(H,27,30). The normalized spacial score (nSPS) is 10.8. The van der Waals surface area contributed by atoms with E-state index in [0.29, 0.717) is 28.9 Å². The van der Waals surface area contributed by atoms with Crippen LogP contribution in [0.25, 0.3) is 11.1 Å². The van der Waals surface area contributed by atoms with Crippen molar-refractivity contribution in [2.24, 2.45) is 0 Å². The number of nitrogens with zero attached hydrogens (tertiary/aromatic N) is 2. The van der Waals surface area contributed by atoms with E-state index in [9.17, 15) is 24.5 Å². The van der Waals surface area contributed by atoms with Gasteiger partial charge in [-0.25, -0.2) is 4.79 Å². The molecular formula is C25H22N4O6. The minimum Gasteiger partial charge on any atom is -0.407 e. The van der Waals surface area contributed by atoms with Gasteiger partial charge in [0, 0.05) is 24.7 Å². The molecule has 0 fully saturated rings. The number of anilines is 2. The van der Waals surface area contributed by atoms with E-state index in [0.717, 1.165) is 5.56 Å². The molecule has 0 aliphatic rings. The Kier molecular flexibility index (Phi) is 6.72. The smallest absolute Gasteiger partial charge is 0.407 e. The summed E-state index contributed by atoms with van der Waals surface area (Å²) in [6.45, 7) is 2.11. The van der Waals surface area contributed by atoms with Crippen molar-refractivity contribution in [3.05, 3.63) is 98.5 Å². The van der Waals surface area contributed by atoms with Crippen molar-refractivity contribution in [2.45, 2.75) is 26.3 Å². The summed E-state index contributed by atoms with van der Waals surface area (Å²) in [6.07, 6.45) is 0.398. The quantitative estimate of drug-likeness (QED) is 0.285. The Morgan fingerprint density at radius 1 is 1.03 bits per heavy atom. The number of non-ortho nitro benzene ring substituents is 1. The topological polar surface area (TPSA) is 136 Å². The van der Waals surface area contributed by atoms with Crippen molar-refractivity contribution in [3.63, 3.8) is 0 Å². The van der Waals surface area contributed by atoms with Gasteiger partial charge >= 0.3 is 5.76 Å². The van der Waals surface area contributed by atoms with Crippen LogP contribution >= 0.6 is 0 Å². The summed E-state index contributed by atoms with van der Waals surface area (Å²) in [7, 11) is 0. The molecule has 1 aromatic heterocycles. The van der Waals surface area contributed by atoms with Gasteiger partial charge in [-0.3, -0.25) is 24.3 Å². The van der Waals surface area contributed by atoms with E-state index in [1.807, 2.05) is 25.1 Å². The minimum atomic E-state index is -0.654. The number of nitro groups is 1. The summed E-state index contributed by atoms with van der Waals surface area (Å²) >= 11 is 0. The Bertz CT molecular complexity index is 1490. The number of fused-ring (bicyclic) bond motifs is 1. The molecule has 10 nitrogen and oxygen atoms in total. The summed E-state index contributed by atoms with van der Waals surface area (Å²) in [4.78, 5) is 47.8. The summed E-state index contributed by atoms with van der Waals surface area (Å²) in [6, 6.07) is 18.0. The van der Waals surface area contributed by atoms with Gasteiger partial charge in [0.2, 0.25) is 5.91 Å². The van der Waals surface area contributed by atoms with E-state index < -0.39 is 10.7 Å². The van der Waals surface area contributed by atoms with Gasteiger partial charge in [0.1, 0.15) is 0 Å². The van der Waals surface area contributed by atoms with Crippen molar-refractivity contribution in [3.8, 4) is 0 Å². The number of aryl methyl sites for hydroxylation is 2. The fourth-order valence-electron chi connectivity index (χ4n) is 3.70. The molecule has 178 valence electrons. The number of carbonyl (C=O) groups excluding carboxylic acids is 2. The van der Waals surface area contributed by atoms with E-state index >= 15 is 0 Å². The second-order valence-electron chi connectivity index (χ2n) is 7.95. The Morgan fingerprint density at radius 3 is 2.60 bits per heavy atom. The molecule has 4 rings (SSSR count). The molecule has 0 aliphatic carbocycles. The predicted molar refractivity (Wildman–Crippen MR) is 131 cm³/mol. The lowest BCUT2D eigenvalue weighted by molar-refractivity contribution is -0.384. The van der Waals surface area contributed by atoms with Crippen LogP contribution in [0.15, 0.2) is 75.9 Å². The number of rotatable bonds is 8. The third-order valence-electron chi connectivity index (χ3n) is 5.37.